The maximum Gasteiger partial charge on any atom is 0.287 e. The zero-order valence-electron chi connectivity index (χ0n) is 19.1. The molecule has 0 amide bonds. The number of hydrogen-bond acceptors (Lipinski definition) is 7. The minimum Gasteiger partial charge on any atom is -0.381 e. The molecular formula is C24H31ClN4O4S. The highest BCUT2D eigenvalue weighted by atomic mass is 35.5. The van der Waals surface area contributed by atoms with Crippen LogP contribution in [0.4, 0.5) is 11.4 Å². The lowest BCUT2D eigenvalue weighted by atomic mass is 9.89. The van der Waals surface area contributed by atoms with E-state index >= 15 is 0 Å². The summed E-state index contributed by atoms with van der Waals surface area (Å²) in [5, 5.41) is 6.79. The topological polar surface area (TPSA) is 93.5 Å². The van der Waals surface area contributed by atoms with Gasteiger partial charge in [0.1, 0.15) is 10.3 Å². The van der Waals surface area contributed by atoms with E-state index in [9.17, 15) is 13.2 Å². The van der Waals surface area contributed by atoms with Crippen LogP contribution in [0.5, 0.6) is 0 Å². The van der Waals surface area contributed by atoms with Crippen molar-refractivity contribution >= 4 is 32.8 Å². The average molecular weight is 507 g/mol. The molecule has 0 bridgehead atoms. The normalized spacial score (nSPS) is 26.7. The van der Waals surface area contributed by atoms with Crippen molar-refractivity contribution in [1.29, 1.82) is 0 Å². The highest BCUT2D eigenvalue weighted by Gasteiger charge is 2.36. The summed E-state index contributed by atoms with van der Waals surface area (Å²) in [5.41, 5.74) is 1.31. The van der Waals surface area contributed by atoms with Crippen LogP contribution in [-0.4, -0.2) is 61.0 Å². The van der Waals surface area contributed by atoms with E-state index in [0.717, 1.165) is 25.7 Å². The van der Waals surface area contributed by atoms with Crippen molar-refractivity contribution in [2.24, 2.45) is 0 Å². The van der Waals surface area contributed by atoms with Crippen LogP contribution in [0, 0.1) is 0 Å². The number of aromatic nitrogens is 2. The van der Waals surface area contributed by atoms with Gasteiger partial charge >= 0.3 is 0 Å². The molecule has 0 unspecified atom stereocenters. The van der Waals surface area contributed by atoms with Gasteiger partial charge in [-0.3, -0.25) is 4.79 Å². The van der Waals surface area contributed by atoms with Crippen LogP contribution in [0.3, 0.4) is 0 Å². The second kappa shape index (κ2) is 9.87. The molecule has 34 heavy (non-hydrogen) atoms. The molecule has 1 N–H and O–H groups in total. The Morgan fingerprint density at radius 3 is 2.41 bits per heavy atom. The molecule has 0 radical (unpaired) electrons. The van der Waals surface area contributed by atoms with E-state index in [1.54, 1.807) is 0 Å². The summed E-state index contributed by atoms with van der Waals surface area (Å²) in [5.74, 6) is 0.0120. The third-order valence-corrected chi connectivity index (χ3v) is 9.61. The second-order valence-corrected chi connectivity index (χ2v) is 12.3. The van der Waals surface area contributed by atoms with E-state index in [1.807, 2.05) is 6.07 Å². The van der Waals surface area contributed by atoms with Crippen molar-refractivity contribution in [2.45, 2.75) is 61.9 Å². The van der Waals surface area contributed by atoms with E-state index in [4.69, 9.17) is 16.3 Å². The van der Waals surface area contributed by atoms with E-state index in [2.05, 4.69) is 39.6 Å². The predicted octanol–water partition coefficient (Wildman–Crippen LogP) is 3.27. The molecule has 5 rings (SSSR count). The minimum atomic E-state index is -3.21. The predicted molar refractivity (Wildman–Crippen MR) is 134 cm³/mol. The molecular weight excluding hydrogens is 476 g/mol. The van der Waals surface area contributed by atoms with Crippen LogP contribution in [0.25, 0.3) is 0 Å². The van der Waals surface area contributed by atoms with Crippen molar-refractivity contribution in [1.82, 2.24) is 9.78 Å². The van der Waals surface area contributed by atoms with Crippen molar-refractivity contribution < 1.29 is 13.2 Å². The Balaban J connectivity index is 1.24. The molecule has 1 aromatic heterocycles. The second-order valence-electron chi connectivity index (χ2n) is 9.50. The zero-order valence-corrected chi connectivity index (χ0v) is 20.7. The number of nitrogens with zero attached hydrogens (tertiary/aromatic N) is 3. The summed E-state index contributed by atoms with van der Waals surface area (Å²) in [4.78, 5) is 15.6. The van der Waals surface area contributed by atoms with E-state index < -0.39 is 15.1 Å². The van der Waals surface area contributed by atoms with Gasteiger partial charge < -0.3 is 15.0 Å². The Morgan fingerprint density at radius 2 is 1.76 bits per heavy atom. The molecule has 2 saturated carbocycles. The van der Waals surface area contributed by atoms with Gasteiger partial charge in [-0.15, -0.1) is 0 Å². The van der Waals surface area contributed by atoms with Crippen LogP contribution in [0.2, 0.25) is 5.02 Å². The fraction of sp³-hybridized carbons (Fsp3) is 0.583. The fourth-order valence-corrected chi connectivity index (χ4v) is 6.68. The first-order valence-electron chi connectivity index (χ1n) is 12.1. The van der Waals surface area contributed by atoms with Crippen LogP contribution < -0.4 is 15.8 Å². The van der Waals surface area contributed by atoms with Gasteiger partial charge in [-0.25, -0.2) is 13.1 Å². The lowest BCUT2D eigenvalue weighted by Crippen LogP contribution is -2.42. The van der Waals surface area contributed by atoms with Gasteiger partial charge in [0, 0.05) is 24.3 Å². The zero-order chi connectivity index (χ0) is 23.7. The molecule has 1 aliphatic heterocycles. The van der Waals surface area contributed by atoms with Gasteiger partial charge in [-0.1, -0.05) is 29.8 Å². The Bertz CT molecular complexity index is 1160. The van der Waals surface area contributed by atoms with Gasteiger partial charge in [0.25, 0.3) is 5.56 Å². The first-order chi connectivity index (χ1) is 16.4. The highest BCUT2D eigenvalue weighted by Crippen LogP contribution is 2.39. The molecule has 1 aromatic carbocycles. The van der Waals surface area contributed by atoms with E-state index in [1.165, 1.54) is 29.4 Å². The maximum absolute atomic E-state index is 13.0. The number of halogens is 1. The third kappa shape index (κ3) is 4.97. The maximum atomic E-state index is 13.0. The molecule has 1 saturated heterocycles. The van der Waals surface area contributed by atoms with Crippen molar-refractivity contribution in [3.05, 3.63) is 51.9 Å². The average Bonchev–Trinajstić information content (AvgIpc) is 3.67. The van der Waals surface area contributed by atoms with E-state index in [-0.39, 0.29) is 42.1 Å². The van der Waals surface area contributed by atoms with Crippen LogP contribution in [0.15, 0.2) is 41.3 Å². The third-order valence-electron chi connectivity index (χ3n) is 7.19. The summed E-state index contributed by atoms with van der Waals surface area (Å²) in [6.45, 7) is 0.500. The standard InChI is InChI=1S/C24H31ClN4O4S/c25-23-22(26-14-21-16-33-12-13-34(21,31)32)15-27-29(24(23)30)20-10-8-19(9-11-20)28(18-6-7-18)17-4-2-1-3-5-17/h1-5,15,18-21,26H,6-14,16H2/t19-,20-,21-/m0/s1. The number of sulfone groups is 1. The largest absolute Gasteiger partial charge is 0.381 e. The number of rotatable bonds is 7. The number of para-hydroxylation sites is 1. The summed E-state index contributed by atoms with van der Waals surface area (Å²) >= 11 is 6.39. The molecule has 184 valence electrons. The monoisotopic (exact) mass is 506 g/mol. The molecule has 2 heterocycles. The SMILES string of the molecule is O=c1c(Cl)c(NC[C@H]2COCCS2(=O)=O)cnn1[C@H]1CC[C@H](N(c2ccccc2)C2CC2)CC1. The van der Waals surface area contributed by atoms with Crippen LogP contribution >= 0.6 is 11.6 Å². The first-order valence-corrected chi connectivity index (χ1v) is 14.2. The molecule has 8 nitrogen and oxygen atoms in total. The quantitative estimate of drug-likeness (QED) is 0.616. The van der Waals surface area contributed by atoms with Gasteiger partial charge in [-0.2, -0.15) is 5.10 Å². The Hall–Kier alpha value is -2.10. The fourth-order valence-electron chi connectivity index (χ4n) is 5.15. The van der Waals surface area contributed by atoms with Crippen molar-refractivity contribution in [2.75, 3.05) is 35.7 Å². The first kappa shape index (κ1) is 23.6. The summed E-state index contributed by atoms with van der Waals surface area (Å²) in [6, 6.07) is 11.7. The van der Waals surface area contributed by atoms with Gasteiger partial charge in [-0.05, 0) is 50.7 Å². The number of anilines is 2. The van der Waals surface area contributed by atoms with Gasteiger partial charge in [0.2, 0.25) is 0 Å². The van der Waals surface area contributed by atoms with Crippen molar-refractivity contribution in [3.8, 4) is 0 Å². The molecule has 1 atom stereocenters. The highest BCUT2D eigenvalue weighted by molar-refractivity contribution is 7.92. The molecule has 3 fully saturated rings. The molecule has 10 heteroatoms. The van der Waals surface area contributed by atoms with Gasteiger partial charge in [0.15, 0.2) is 9.84 Å². The summed E-state index contributed by atoms with van der Waals surface area (Å²) in [7, 11) is -3.21. The lowest BCUT2D eigenvalue weighted by molar-refractivity contribution is 0.140. The lowest BCUT2D eigenvalue weighted by Gasteiger charge is -2.39. The van der Waals surface area contributed by atoms with Gasteiger partial charge in [0.05, 0.1) is 36.9 Å². The number of benzene rings is 1. The minimum absolute atomic E-state index is 0.0120. The number of hydrogen-bond donors (Lipinski definition) is 1. The van der Waals surface area contributed by atoms with E-state index in [0.29, 0.717) is 17.8 Å². The molecule has 3 aliphatic rings. The van der Waals surface area contributed by atoms with Crippen molar-refractivity contribution in [3.63, 3.8) is 0 Å². The Kier molecular flexibility index (Phi) is 6.86. The summed E-state index contributed by atoms with van der Waals surface area (Å²) < 4.78 is 31.2. The number of nitrogens with one attached hydrogen (secondary N) is 1. The van der Waals surface area contributed by atoms with Crippen LogP contribution in [-0.2, 0) is 14.6 Å². The molecule has 0 spiro atoms. The van der Waals surface area contributed by atoms with Crippen LogP contribution in [0.1, 0.15) is 44.6 Å². The Labute approximate surface area is 205 Å². The molecule has 2 aliphatic carbocycles. The smallest absolute Gasteiger partial charge is 0.287 e. The molecule has 2 aromatic rings. The summed E-state index contributed by atoms with van der Waals surface area (Å²) in [6.07, 6.45) is 7.76. The number of ether oxygens (including phenoxy) is 1. The Morgan fingerprint density at radius 1 is 1.09 bits per heavy atom.